The van der Waals surface area contributed by atoms with Crippen molar-refractivity contribution >= 4 is 27.5 Å². The average Bonchev–Trinajstić information content (AvgIpc) is 2.61. The molecule has 0 aliphatic rings. The fourth-order valence-corrected chi connectivity index (χ4v) is 3.50. The van der Waals surface area contributed by atoms with E-state index in [-0.39, 0.29) is 17.3 Å². The maximum atomic E-state index is 12.4. The summed E-state index contributed by atoms with van der Waals surface area (Å²) in [7, 11) is -0.754. The van der Waals surface area contributed by atoms with E-state index in [1.165, 1.54) is 31.3 Å². The van der Waals surface area contributed by atoms with Crippen LogP contribution in [0.5, 0.6) is 0 Å². The van der Waals surface area contributed by atoms with Crippen LogP contribution in [0.2, 0.25) is 5.02 Å². The highest BCUT2D eigenvalue weighted by Gasteiger charge is 2.22. The molecule has 0 aliphatic carbocycles. The van der Waals surface area contributed by atoms with Crippen molar-refractivity contribution in [2.24, 2.45) is 0 Å². The molecule has 2 aromatic carbocycles. The Morgan fingerprint density at radius 2 is 1.65 bits per heavy atom. The summed E-state index contributed by atoms with van der Waals surface area (Å²) >= 11 is 5.77. The monoisotopic (exact) mass is 396 g/mol. The van der Waals surface area contributed by atoms with E-state index in [1.807, 2.05) is 24.3 Å². The number of amides is 1. The molecule has 0 heterocycles. The minimum absolute atomic E-state index is 0.0888. The lowest BCUT2D eigenvalue weighted by Crippen LogP contribution is -2.38. The number of carbonyl (C=O) groups excluding carboxylic acids is 1. The average molecular weight is 397 g/mol. The van der Waals surface area contributed by atoms with Crippen LogP contribution in [-0.4, -0.2) is 39.3 Å². The summed E-state index contributed by atoms with van der Waals surface area (Å²) in [5.41, 5.74) is 1.96. The zero-order chi connectivity index (χ0) is 19.2. The van der Waals surface area contributed by atoms with Gasteiger partial charge in [-0.1, -0.05) is 35.9 Å². The molecule has 0 bridgehead atoms. The van der Waals surface area contributed by atoms with Gasteiger partial charge >= 0.3 is 0 Å². The Morgan fingerprint density at radius 1 is 1.08 bits per heavy atom. The van der Waals surface area contributed by atoms with Crippen molar-refractivity contribution in [1.29, 1.82) is 0 Å². The number of halogens is 1. The third-order valence-electron chi connectivity index (χ3n) is 3.71. The van der Waals surface area contributed by atoms with Crippen molar-refractivity contribution in [2.45, 2.75) is 18.0 Å². The molecule has 0 spiro atoms. The Bertz CT molecular complexity index is 836. The number of likely N-dealkylation sites (N-methyl/N-ethyl adjacent to an activating group) is 1. The molecule has 0 radical (unpaired) electrons. The van der Waals surface area contributed by atoms with Crippen LogP contribution >= 0.6 is 11.6 Å². The fraction of sp³-hybridized carbons (Fsp3) is 0.278. The summed E-state index contributed by atoms with van der Waals surface area (Å²) in [4.78, 5) is 12.2. The number of benzene rings is 2. The number of hydrogen-bond donors (Lipinski definition) is 1. The van der Waals surface area contributed by atoms with Gasteiger partial charge in [-0.15, -0.1) is 0 Å². The van der Waals surface area contributed by atoms with Gasteiger partial charge in [-0.05, 0) is 35.4 Å². The molecule has 1 N–H and O–H groups in total. The van der Waals surface area contributed by atoms with Gasteiger partial charge < -0.3 is 10.1 Å². The van der Waals surface area contributed by atoms with Gasteiger partial charge in [0, 0.05) is 25.7 Å². The molecule has 0 aromatic heterocycles. The highest BCUT2D eigenvalue weighted by atomic mass is 35.5. The number of nitrogens with zero attached hydrogens (tertiary/aromatic N) is 1. The van der Waals surface area contributed by atoms with Gasteiger partial charge in [-0.25, -0.2) is 8.42 Å². The first-order chi connectivity index (χ1) is 12.3. The van der Waals surface area contributed by atoms with Crippen LogP contribution in [0, 0.1) is 0 Å². The maximum absolute atomic E-state index is 12.4. The van der Waals surface area contributed by atoms with Crippen molar-refractivity contribution in [2.75, 3.05) is 20.7 Å². The lowest BCUT2D eigenvalue weighted by atomic mass is 10.1. The van der Waals surface area contributed by atoms with Crippen molar-refractivity contribution in [3.63, 3.8) is 0 Å². The molecule has 8 heteroatoms. The van der Waals surface area contributed by atoms with Gasteiger partial charge in [0.1, 0.15) is 0 Å². The van der Waals surface area contributed by atoms with E-state index in [1.54, 1.807) is 7.11 Å². The molecule has 0 saturated heterocycles. The van der Waals surface area contributed by atoms with Gasteiger partial charge in [0.15, 0.2) is 0 Å². The molecule has 0 saturated carbocycles. The first-order valence-corrected chi connectivity index (χ1v) is 9.70. The van der Waals surface area contributed by atoms with E-state index in [0.29, 0.717) is 18.2 Å². The van der Waals surface area contributed by atoms with Crippen LogP contribution in [0.15, 0.2) is 53.4 Å². The second-order valence-corrected chi connectivity index (χ2v) is 8.22. The molecular formula is C18H21ClN2O4S. The molecule has 2 aromatic rings. The molecule has 0 unspecified atom stereocenters. The van der Waals surface area contributed by atoms with Crippen molar-refractivity contribution in [3.8, 4) is 0 Å². The number of carbonyl (C=O) groups is 1. The minimum Gasteiger partial charge on any atom is -0.380 e. The number of ether oxygens (including phenoxy) is 1. The molecular weight excluding hydrogens is 376 g/mol. The third kappa shape index (κ3) is 5.54. The lowest BCUT2D eigenvalue weighted by Gasteiger charge is -2.17. The fourth-order valence-electron chi connectivity index (χ4n) is 2.25. The van der Waals surface area contributed by atoms with Crippen LogP contribution in [0.1, 0.15) is 11.1 Å². The van der Waals surface area contributed by atoms with Crippen LogP contribution in [0.3, 0.4) is 0 Å². The zero-order valence-corrected chi connectivity index (χ0v) is 16.2. The second kappa shape index (κ2) is 9.14. The number of hydrogen-bond acceptors (Lipinski definition) is 4. The van der Waals surface area contributed by atoms with E-state index in [4.69, 9.17) is 16.3 Å². The quantitative estimate of drug-likeness (QED) is 0.743. The van der Waals surface area contributed by atoms with Crippen LogP contribution in [0.4, 0.5) is 0 Å². The normalized spacial score (nSPS) is 11.5. The largest absolute Gasteiger partial charge is 0.380 e. The number of methoxy groups -OCH3 is 1. The Hall–Kier alpha value is -1.93. The molecule has 26 heavy (non-hydrogen) atoms. The van der Waals surface area contributed by atoms with Gasteiger partial charge in [0.25, 0.3) is 0 Å². The summed E-state index contributed by atoms with van der Waals surface area (Å²) in [6, 6.07) is 13.4. The summed E-state index contributed by atoms with van der Waals surface area (Å²) in [6.07, 6.45) is 0. The van der Waals surface area contributed by atoms with Crippen LogP contribution < -0.4 is 5.32 Å². The van der Waals surface area contributed by atoms with Crippen molar-refractivity contribution in [1.82, 2.24) is 9.62 Å². The van der Waals surface area contributed by atoms with Crippen molar-refractivity contribution < 1.29 is 17.9 Å². The second-order valence-electron chi connectivity index (χ2n) is 5.74. The highest BCUT2D eigenvalue weighted by molar-refractivity contribution is 7.89. The summed E-state index contributed by atoms with van der Waals surface area (Å²) < 4.78 is 30.9. The maximum Gasteiger partial charge on any atom is 0.243 e. The highest BCUT2D eigenvalue weighted by Crippen LogP contribution is 2.17. The van der Waals surface area contributed by atoms with E-state index in [0.717, 1.165) is 15.4 Å². The summed E-state index contributed by atoms with van der Waals surface area (Å²) in [5.74, 6) is -0.383. The number of sulfonamides is 1. The molecule has 0 fully saturated rings. The predicted octanol–water partition coefficient (Wildman–Crippen LogP) is 2.42. The van der Waals surface area contributed by atoms with Crippen LogP contribution in [0.25, 0.3) is 0 Å². The van der Waals surface area contributed by atoms with E-state index in [2.05, 4.69) is 5.32 Å². The Kier molecular flexibility index (Phi) is 7.16. The third-order valence-corrected chi connectivity index (χ3v) is 5.78. The first-order valence-electron chi connectivity index (χ1n) is 7.88. The van der Waals surface area contributed by atoms with E-state index in [9.17, 15) is 13.2 Å². The van der Waals surface area contributed by atoms with Gasteiger partial charge in [0.2, 0.25) is 15.9 Å². The Balaban J connectivity index is 1.91. The van der Waals surface area contributed by atoms with E-state index >= 15 is 0 Å². The van der Waals surface area contributed by atoms with Gasteiger partial charge in [-0.2, -0.15) is 4.31 Å². The van der Waals surface area contributed by atoms with E-state index < -0.39 is 10.0 Å². The lowest BCUT2D eigenvalue weighted by molar-refractivity contribution is -0.121. The van der Waals surface area contributed by atoms with Crippen molar-refractivity contribution in [3.05, 3.63) is 64.7 Å². The minimum atomic E-state index is -3.75. The Morgan fingerprint density at radius 3 is 2.23 bits per heavy atom. The molecule has 6 nitrogen and oxygen atoms in total. The molecule has 2 rings (SSSR count). The number of nitrogens with one attached hydrogen (secondary N) is 1. The number of rotatable bonds is 8. The SMILES string of the molecule is COCc1ccc(CNC(=O)CN(C)S(=O)(=O)c2ccc(Cl)cc2)cc1. The standard InChI is InChI=1S/C18H21ClN2O4S/c1-21(26(23,24)17-9-7-16(19)8-10-17)12-18(22)20-11-14-3-5-15(6-4-14)13-25-2/h3-10H,11-13H2,1-2H3,(H,20,22). The zero-order valence-electron chi connectivity index (χ0n) is 14.6. The van der Waals surface area contributed by atoms with Gasteiger partial charge in [0.05, 0.1) is 18.0 Å². The molecule has 140 valence electrons. The topological polar surface area (TPSA) is 75.7 Å². The first kappa shape index (κ1) is 20.4. The molecule has 0 atom stereocenters. The Labute approximate surface area is 158 Å². The molecule has 0 aliphatic heterocycles. The van der Waals surface area contributed by atoms with Gasteiger partial charge in [-0.3, -0.25) is 4.79 Å². The smallest absolute Gasteiger partial charge is 0.243 e. The predicted molar refractivity (Wildman–Crippen MR) is 100 cm³/mol. The summed E-state index contributed by atoms with van der Waals surface area (Å²) in [6.45, 7) is 0.577. The summed E-state index contributed by atoms with van der Waals surface area (Å²) in [5, 5.41) is 3.16. The molecule has 1 amide bonds. The van der Waals surface area contributed by atoms with Crippen LogP contribution in [-0.2, 0) is 32.7 Å².